The van der Waals surface area contributed by atoms with Crippen LogP contribution in [-0.4, -0.2) is 29.2 Å². The molecule has 3 aliphatic heterocycles. The van der Waals surface area contributed by atoms with Crippen molar-refractivity contribution in [3.05, 3.63) is 54.7 Å². The minimum absolute atomic E-state index is 0.306. The van der Waals surface area contributed by atoms with E-state index in [9.17, 15) is 5.11 Å². The van der Waals surface area contributed by atoms with Crippen molar-refractivity contribution in [3.63, 3.8) is 0 Å². The van der Waals surface area contributed by atoms with Crippen LogP contribution in [0.1, 0.15) is 24.5 Å². The number of nitrogens with zero attached hydrogens (tertiary/aromatic N) is 1. The van der Waals surface area contributed by atoms with Gasteiger partial charge in [-0.15, -0.1) is 6.58 Å². The predicted octanol–water partition coefficient (Wildman–Crippen LogP) is 1.75. The molecule has 1 aromatic heterocycles. The Bertz CT molecular complexity index is 693. The van der Waals surface area contributed by atoms with Crippen LogP contribution in [0.25, 0.3) is 10.9 Å². The summed E-state index contributed by atoms with van der Waals surface area (Å²) in [6.07, 6.45) is 5.90. The fraction of sp³-hybridized carbons (Fsp3) is 0.421. The number of benzene rings is 1. The highest BCUT2D eigenvalue weighted by Crippen LogP contribution is 2.33. The van der Waals surface area contributed by atoms with Crippen molar-refractivity contribution >= 4 is 10.9 Å². The van der Waals surface area contributed by atoms with Gasteiger partial charge in [-0.2, -0.15) is 0 Å². The lowest BCUT2D eigenvalue weighted by Gasteiger charge is -2.47. The Morgan fingerprint density at radius 1 is 1.32 bits per heavy atom. The molecule has 1 aromatic carbocycles. The van der Waals surface area contributed by atoms with Crippen LogP contribution in [0, 0.1) is 11.8 Å². The quantitative estimate of drug-likeness (QED) is 0.847. The molecule has 0 aliphatic carbocycles. The van der Waals surface area contributed by atoms with Crippen LogP contribution in [0.5, 0.6) is 0 Å². The molecular weight excluding hydrogens is 272 g/mol. The largest absolute Gasteiger partial charge is 0.382 e. The normalized spacial score (nSPS) is 32.0. The first-order chi connectivity index (χ1) is 10.8. The molecule has 2 bridgehead atoms. The molecule has 3 unspecified atom stereocenters. The molecule has 2 aromatic rings. The maximum Gasteiger partial charge on any atom is 0.131 e. The number of piperidine rings is 3. The van der Waals surface area contributed by atoms with Gasteiger partial charge in [0.15, 0.2) is 0 Å². The third-order valence-electron chi connectivity index (χ3n) is 5.71. The average Bonchev–Trinajstić information content (AvgIpc) is 2.60. The van der Waals surface area contributed by atoms with Crippen molar-refractivity contribution in [3.8, 4) is 0 Å². The van der Waals surface area contributed by atoms with Gasteiger partial charge >= 0.3 is 0 Å². The molecule has 0 radical (unpaired) electrons. The highest BCUT2D eigenvalue weighted by atomic mass is 16.3. The van der Waals surface area contributed by atoms with Gasteiger partial charge in [-0.3, -0.25) is 4.98 Å². The molecule has 0 saturated carbocycles. The van der Waals surface area contributed by atoms with Gasteiger partial charge in [0.2, 0.25) is 0 Å². The molecule has 5 atom stereocenters. The Kier molecular flexibility index (Phi) is 3.47. The minimum atomic E-state index is -0.406. The van der Waals surface area contributed by atoms with Crippen LogP contribution in [0.4, 0.5) is 0 Å². The van der Waals surface area contributed by atoms with Gasteiger partial charge in [-0.25, -0.2) is 0 Å². The van der Waals surface area contributed by atoms with Gasteiger partial charge in [-0.05, 0) is 23.6 Å². The van der Waals surface area contributed by atoms with E-state index < -0.39 is 6.10 Å². The number of pyridine rings is 1. The van der Waals surface area contributed by atoms with E-state index in [1.807, 2.05) is 30.5 Å². The molecule has 3 heteroatoms. The standard InChI is InChI=1S/C19H22N2O/c1-2-13-12-21-10-8-14(13)11-18(21)19(22)16-7-9-20-17-6-4-3-5-15(16)17/h2-7,9,13-14,18-19,22H,1,8,10-12H2/p+1/t13?,14?,18-,19+/m1/s1. The highest BCUT2D eigenvalue weighted by molar-refractivity contribution is 5.82. The summed E-state index contributed by atoms with van der Waals surface area (Å²) in [5.74, 6) is 1.32. The van der Waals surface area contributed by atoms with Gasteiger partial charge in [0.25, 0.3) is 0 Å². The molecule has 5 rings (SSSR count). The molecule has 3 fully saturated rings. The van der Waals surface area contributed by atoms with Gasteiger partial charge in [0.05, 0.1) is 18.6 Å². The smallest absolute Gasteiger partial charge is 0.131 e. The van der Waals surface area contributed by atoms with Crippen molar-refractivity contribution < 1.29 is 10.0 Å². The molecule has 3 nitrogen and oxygen atoms in total. The van der Waals surface area contributed by atoms with E-state index in [2.05, 4.69) is 23.7 Å². The minimum Gasteiger partial charge on any atom is -0.382 e. The summed E-state index contributed by atoms with van der Waals surface area (Å²) in [6.45, 7) is 6.29. The van der Waals surface area contributed by atoms with E-state index >= 15 is 0 Å². The second-order valence-electron chi connectivity index (χ2n) is 6.77. The van der Waals surface area contributed by atoms with E-state index in [0.717, 1.165) is 29.4 Å². The van der Waals surface area contributed by atoms with Crippen LogP contribution >= 0.6 is 0 Å². The van der Waals surface area contributed by atoms with Crippen molar-refractivity contribution in [1.82, 2.24) is 4.98 Å². The zero-order valence-electron chi connectivity index (χ0n) is 12.8. The number of aliphatic hydroxyl groups excluding tert-OH is 1. The molecular formula is C19H23N2O+. The summed E-state index contributed by atoms with van der Waals surface area (Å²) in [4.78, 5) is 5.95. The van der Waals surface area contributed by atoms with E-state index in [4.69, 9.17) is 0 Å². The van der Waals surface area contributed by atoms with Gasteiger partial charge in [0, 0.05) is 30.3 Å². The molecule has 2 N–H and O–H groups in total. The Morgan fingerprint density at radius 2 is 2.18 bits per heavy atom. The first-order valence-electron chi connectivity index (χ1n) is 8.27. The summed E-state index contributed by atoms with van der Waals surface area (Å²) in [6, 6.07) is 10.4. The van der Waals surface area contributed by atoms with Crippen molar-refractivity contribution in [2.75, 3.05) is 13.1 Å². The second kappa shape index (κ2) is 5.49. The summed E-state index contributed by atoms with van der Waals surface area (Å²) < 4.78 is 0. The third-order valence-corrected chi connectivity index (χ3v) is 5.71. The maximum absolute atomic E-state index is 11.0. The lowest BCUT2D eigenvalue weighted by molar-refractivity contribution is -0.949. The molecule has 0 amide bonds. The van der Waals surface area contributed by atoms with Crippen LogP contribution in [0.2, 0.25) is 0 Å². The fourth-order valence-corrected chi connectivity index (χ4v) is 4.50. The van der Waals surface area contributed by atoms with Gasteiger partial charge < -0.3 is 10.0 Å². The van der Waals surface area contributed by atoms with Crippen LogP contribution < -0.4 is 4.90 Å². The zero-order valence-corrected chi connectivity index (χ0v) is 12.8. The number of rotatable bonds is 3. The number of hydrogen-bond donors (Lipinski definition) is 2. The maximum atomic E-state index is 11.0. The lowest BCUT2D eigenvalue weighted by atomic mass is 9.73. The van der Waals surface area contributed by atoms with E-state index in [-0.39, 0.29) is 0 Å². The third kappa shape index (κ3) is 2.16. The summed E-state index contributed by atoms with van der Waals surface area (Å²) in [7, 11) is 0. The first-order valence-corrected chi connectivity index (χ1v) is 8.27. The fourth-order valence-electron chi connectivity index (χ4n) is 4.50. The van der Waals surface area contributed by atoms with Gasteiger partial charge in [-0.1, -0.05) is 24.3 Å². The van der Waals surface area contributed by atoms with Crippen molar-refractivity contribution in [2.45, 2.75) is 25.0 Å². The SMILES string of the molecule is C=CC1C[NH+]2CCC1C[C@@H]2[C@@H](O)c1ccnc2ccccc12. The Morgan fingerprint density at radius 3 is 2.95 bits per heavy atom. The topological polar surface area (TPSA) is 37.6 Å². The van der Waals surface area contributed by atoms with Gasteiger partial charge in [0.1, 0.15) is 12.1 Å². The predicted molar refractivity (Wildman–Crippen MR) is 87.6 cm³/mol. The lowest BCUT2D eigenvalue weighted by Crippen LogP contribution is -3.20. The number of nitrogens with one attached hydrogen (secondary N) is 1. The summed E-state index contributed by atoms with van der Waals surface area (Å²) in [5, 5.41) is 12.1. The monoisotopic (exact) mass is 295 g/mol. The van der Waals surface area contributed by atoms with Crippen LogP contribution in [-0.2, 0) is 0 Å². The van der Waals surface area contributed by atoms with E-state index in [0.29, 0.717) is 17.9 Å². The van der Waals surface area contributed by atoms with Crippen LogP contribution in [0.3, 0.4) is 0 Å². The van der Waals surface area contributed by atoms with Crippen molar-refractivity contribution in [2.24, 2.45) is 11.8 Å². The number of fused-ring (bicyclic) bond motifs is 4. The van der Waals surface area contributed by atoms with Crippen molar-refractivity contribution in [1.29, 1.82) is 0 Å². The number of quaternary nitrogens is 1. The van der Waals surface area contributed by atoms with E-state index in [1.165, 1.54) is 13.0 Å². The Balaban J connectivity index is 1.67. The molecule has 3 saturated heterocycles. The molecule has 22 heavy (non-hydrogen) atoms. The Hall–Kier alpha value is -1.71. The first kappa shape index (κ1) is 13.9. The molecule has 4 heterocycles. The summed E-state index contributed by atoms with van der Waals surface area (Å²) >= 11 is 0. The molecule has 3 aliphatic rings. The van der Waals surface area contributed by atoms with Crippen LogP contribution in [0.15, 0.2) is 49.2 Å². The number of aromatic nitrogens is 1. The Labute approximate surface area is 131 Å². The summed E-state index contributed by atoms with van der Waals surface area (Å²) in [5.41, 5.74) is 2.00. The zero-order chi connectivity index (χ0) is 15.1. The van der Waals surface area contributed by atoms with E-state index in [1.54, 1.807) is 4.90 Å². The number of para-hydroxylation sites is 1. The molecule has 0 spiro atoms. The second-order valence-corrected chi connectivity index (χ2v) is 6.77. The number of aliphatic hydroxyl groups is 1. The molecule has 114 valence electrons. The average molecular weight is 295 g/mol. The highest BCUT2D eigenvalue weighted by Gasteiger charge is 2.45. The number of hydrogen-bond acceptors (Lipinski definition) is 2.